The molecule has 0 aliphatic carbocycles. The van der Waals surface area contributed by atoms with Crippen LogP contribution in [0.15, 0.2) is 46.9 Å². The van der Waals surface area contributed by atoms with Crippen LogP contribution in [0.1, 0.15) is 25.0 Å². The summed E-state index contributed by atoms with van der Waals surface area (Å²) in [5.74, 6) is 1.55. The Bertz CT molecular complexity index is 578. The molecule has 112 valence electrons. The molecule has 0 atom stereocenters. The van der Waals surface area contributed by atoms with Crippen molar-refractivity contribution in [2.45, 2.75) is 26.8 Å². The van der Waals surface area contributed by atoms with E-state index in [-0.39, 0.29) is 0 Å². The Hall–Kier alpha value is -1.48. The van der Waals surface area contributed by atoms with Crippen molar-refractivity contribution in [3.63, 3.8) is 0 Å². The molecule has 1 N–H and O–H groups in total. The summed E-state index contributed by atoms with van der Waals surface area (Å²) in [5.41, 5.74) is 3.72. The zero-order valence-corrected chi connectivity index (χ0v) is 14.4. The van der Waals surface area contributed by atoms with Crippen LogP contribution in [0.5, 0.6) is 5.75 Å². The lowest BCUT2D eigenvalue weighted by Crippen LogP contribution is -2.01. The van der Waals surface area contributed by atoms with Crippen molar-refractivity contribution in [3.05, 3.63) is 58.1 Å². The van der Waals surface area contributed by atoms with Gasteiger partial charge in [-0.3, -0.25) is 0 Å². The molecular weight excluding hydrogens is 326 g/mol. The minimum absolute atomic E-state index is 0.696. The fourth-order valence-corrected chi connectivity index (χ4v) is 2.62. The fourth-order valence-electron chi connectivity index (χ4n) is 2.23. The van der Waals surface area contributed by atoms with E-state index < -0.39 is 0 Å². The summed E-state index contributed by atoms with van der Waals surface area (Å²) in [5, 5.41) is 3.44. The smallest absolute Gasteiger partial charge is 0.121 e. The highest BCUT2D eigenvalue weighted by Gasteiger charge is 2.03. The van der Waals surface area contributed by atoms with Crippen LogP contribution in [0.3, 0.4) is 0 Å². The van der Waals surface area contributed by atoms with Crippen molar-refractivity contribution in [1.29, 1.82) is 0 Å². The maximum Gasteiger partial charge on any atom is 0.121 e. The molecular formula is C18H22BrNO. The lowest BCUT2D eigenvalue weighted by molar-refractivity contribution is 0.415. The first-order valence-electron chi connectivity index (χ1n) is 7.23. The van der Waals surface area contributed by atoms with Crippen LogP contribution in [-0.4, -0.2) is 7.11 Å². The second kappa shape index (κ2) is 7.51. The number of hydrogen-bond acceptors (Lipinski definition) is 2. The first kappa shape index (κ1) is 15.9. The van der Waals surface area contributed by atoms with Gasteiger partial charge in [0.1, 0.15) is 5.75 Å². The molecule has 21 heavy (non-hydrogen) atoms. The van der Waals surface area contributed by atoms with Gasteiger partial charge in [-0.05, 0) is 51.5 Å². The number of benzene rings is 2. The number of halogens is 1. The van der Waals surface area contributed by atoms with Crippen molar-refractivity contribution in [2.75, 3.05) is 12.4 Å². The van der Waals surface area contributed by atoms with Crippen molar-refractivity contribution in [2.24, 2.45) is 5.92 Å². The fraction of sp³-hybridized carbons (Fsp3) is 0.333. The molecule has 2 aromatic rings. The first-order chi connectivity index (χ1) is 10.1. The number of methoxy groups -OCH3 is 1. The summed E-state index contributed by atoms with van der Waals surface area (Å²) in [6.07, 6.45) is 1.13. The molecule has 2 nitrogen and oxygen atoms in total. The summed E-state index contributed by atoms with van der Waals surface area (Å²) in [6.45, 7) is 5.29. The lowest BCUT2D eigenvalue weighted by atomic mass is 10.0. The molecule has 0 unspecified atom stereocenters. The van der Waals surface area contributed by atoms with Gasteiger partial charge < -0.3 is 10.1 Å². The normalized spacial score (nSPS) is 10.7. The standard InChI is InChI=1S/C18H22BrNO/c1-13(2)10-14-4-6-15(7-5-14)12-20-18-11-16(21-3)8-9-17(18)19/h4-9,11,13,20H,10,12H2,1-3H3. The van der Waals surface area contributed by atoms with Crippen LogP contribution in [0.4, 0.5) is 5.69 Å². The molecule has 2 rings (SSSR count). The third-order valence-electron chi connectivity index (χ3n) is 3.32. The molecule has 3 heteroatoms. The molecule has 0 saturated carbocycles. The highest BCUT2D eigenvalue weighted by atomic mass is 79.9. The Morgan fingerprint density at radius 1 is 1.05 bits per heavy atom. The van der Waals surface area contributed by atoms with Gasteiger partial charge in [-0.15, -0.1) is 0 Å². The molecule has 0 aliphatic rings. The van der Waals surface area contributed by atoms with Gasteiger partial charge in [-0.2, -0.15) is 0 Å². The molecule has 0 bridgehead atoms. The summed E-state index contributed by atoms with van der Waals surface area (Å²) in [4.78, 5) is 0. The molecule has 0 aliphatic heterocycles. The minimum atomic E-state index is 0.696. The Morgan fingerprint density at radius 3 is 2.33 bits per heavy atom. The van der Waals surface area contributed by atoms with E-state index >= 15 is 0 Å². The van der Waals surface area contributed by atoms with E-state index in [1.807, 2.05) is 18.2 Å². The van der Waals surface area contributed by atoms with Gasteiger partial charge in [0.05, 0.1) is 12.8 Å². The minimum Gasteiger partial charge on any atom is -0.497 e. The highest BCUT2D eigenvalue weighted by molar-refractivity contribution is 9.10. The van der Waals surface area contributed by atoms with Gasteiger partial charge in [0.15, 0.2) is 0 Å². The monoisotopic (exact) mass is 347 g/mol. The molecule has 0 spiro atoms. The predicted octanol–water partition coefficient (Wildman–Crippen LogP) is 5.27. The summed E-state index contributed by atoms with van der Waals surface area (Å²) >= 11 is 3.55. The van der Waals surface area contributed by atoms with Crippen molar-refractivity contribution >= 4 is 21.6 Å². The molecule has 0 saturated heterocycles. The van der Waals surface area contributed by atoms with Crippen LogP contribution in [-0.2, 0) is 13.0 Å². The number of anilines is 1. The Balaban J connectivity index is 1.99. The third kappa shape index (κ3) is 4.78. The third-order valence-corrected chi connectivity index (χ3v) is 4.01. The van der Waals surface area contributed by atoms with E-state index in [2.05, 4.69) is 59.4 Å². The number of nitrogens with one attached hydrogen (secondary N) is 1. The van der Waals surface area contributed by atoms with Crippen LogP contribution in [0.25, 0.3) is 0 Å². The largest absolute Gasteiger partial charge is 0.497 e. The van der Waals surface area contributed by atoms with E-state index in [1.54, 1.807) is 7.11 Å². The second-order valence-electron chi connectivity index (χ2n) is 5.61. The molecule has 2 aromatic carbocycles. The van der Waals surface area contributed by atoms with E-state index in [0.29, 0.717) is 5.92 Å². The molecule has 0 radical (unpaired) electrons. The molecule has 0 aromatic heterocycles. The van der Waals surface area contributed by atoms with E-state index in [0.717, 1.165) is 28.9 Å². The summed E-state index contributed by atoms with van der Waals surface area (Å²) in [7, 11) is 1.68. The van der Waals surface area contributed by atoms with Crippen molar-refractivity contribution in [3.8, 4) is 5.75 Å². The number of hydrogen-bond donors (Lipinski definition) is 1. The van der Waals surface area contributed by atoms with Crippen molar-refractivity contribution < 1.29 is 4.74 Å². The first-order valence-corrected chi connectivity index (χ1v) is 8.03. The number of ether oxygens (including phenoxy) is 1. The maximum absolute atomic E-state index is 5.25. The average molecular weight is 348 g/mol. The highest BCUT2D eigenvalue weighted by Crippen LogP contribution is 2.27. The maximum atomic E-state index is 5.25. The van der Waals surface area contributed by atoms with Crippen LogP contribution in [0.2, 0.25) is 0 Å². The lowest BCUT2D eigenvalue weighted by Gasteiger charge is -2.11. The summed E-state index contributed by atoms with van der Waals surface area (Å²) in [6, 6.07) is 14.8. The molecule has 0 heterocycles. The quantitative estimate of drug-likeness (QED) is 0.768. The van der Waals surface area contributed by atoms with Gasteiger partial charge in [-0.1, -0.05) is 38.1 Å². The SMILES string of the molecule is COc1ccc(Br)c(NCc2ccc(CC(C)C)cc2)c1. The second-order valence-corrected chi connectivity index (χ2v) is 6.47. The van der Waals surface area contributed by atoms with Crippen LogP contribution in [0, 0.1) is 5.92 Å². The van der Waals surface area contributed by atoms with E-state index in [4.69, 9.17) is 4.74 Å². The van der Waals surface area contributed by atoms with Gasteiger partial charge in [0.25, 0.3) is 0 Å². The Kier molecular flexibility index (Phi) is 5.68. The topological polar surface area (TPSA) is 21.3 Å². The van der Waals surface area contributed by atoms with Crippen molar-refractivity contribution in [1.82, 2.24) is 0 Å². The zero-order chi connectivity index (χ0) is 15.2. The van der Waals surface area contributed by atoms with E-state index in [1.165, 1.54) is 11.1 Å². The average Bonchev–Trinajstić information content (AvgIpc) is 2.47. The Morgan fingerprint density at radius 2 is 1.71 bits per heavy atom. The van der Waals surface area contributed by atoms with Gasteiger partial charge >= 0.3 is 0 Å². The van der Waals surface area contributed by atoms with Gasteiger partial charge in [-0.25, -0.2) is 0 Å². The van der Waals surface area contributed by atoms with Crippen LogP contribution >= 0.6 is 15.9 Å². The number of rotatable bonds is 6. The van der Waals surface area contributed by atoms with Crippen LogP contribution < -0.4 is 10.1 Å². The van der Waals surface area contributed by atoms with Gasteiger partial charge in [0.2, 0.25) is 0 Å². The predicted molar refractivity (Wildman–Crippen MR) is 93.0 cm³/mol. The van der Waals surface area contributed by atoms with Gasteiger partial charge in [0, 0.05) is 17.1 Å². The zero-order valence-electron chi connectivity index (χ0n) is 12.8. The van der Waals surface area contributed by atoms with E-state index in [9.17, 15) is 0 Å². The molecule has 0 fully saturated rings. The molecule has 0 amide bonds. The summed E-state index contributed by atoms with van der Waals surface area (Å²) < 4.78 is 6.30. The Labute approximate surface area is 135 Å².